The Kier molecular flexibility index (Phi) is 9.09. The highest BCUT2D eigenvalue weighted by molar-refractivity contribution is 6.34. The van der Waals surface area contributed by atoms with Crippen LogP contribution in [0.4, 0.5) is 18.9 Å². The van der Waals surface area contributed by atoms with Gasteiger partial charge in [0.25, 0.3) is 17.4 Å². The molecule has 2 aromatic heterocycles. The quantitative estimate of drug-likeness (QED) is 0.244. The molecule has 47 heavy (non-hydrogen) atoms. The fourth-order valence-electron chi connectivity index (χ4n) is 6.22. The molecule has 13 heteroatoms. The van der Waals surface area contributed by atoms with Crippen molar-refractivity contribution in [3.05, 3.63) is 92.8 Å². The van der Waals surface area contributed by atoms with E-state index in [9.17, 15) is 23.9 Å². The van der Waals surface area contributed by atoms with E-state index in [1.54, 1.807) is 31.0 Å². The molecule has 1 fully saturated rings. The van der Waals surface area contributed by atoms with Crippen LogP contribution in [-0.4, -0.2) is 64.1 Å². The van der Waals surface area contributed by atoms with Crippen LogP contribution in [0.25, 0.3) is 27.7 Å². The molecule has 5 rings (SSSR count). The lowest BCUT2D eigenvalue weighted by Gasteiger charge is -2.41. The predicted molar refractivity (Wildman–Crippen MR) is 175 cm³/mol. The summed E-state index contributed by atoms with van der Waals surface area (Å²) < 4.78 is 47.4. The monoisotopic (exact) mass is 667 g/mol. The van der Waals surface area contributed by atoms with Gasteiger partial charge in [0.1, 0.15) is 17.1 Å². The van der Waals surface area contributed by atoms with E-state index in [0.29, 0.717) is 11.3 Å². The number of hydrogen-bond acceptors (Lipinski definition) is 6. The zero-order valence-electron chi connectivity index (χ0n) is 26.4. The number of piperazine rings is 1. The lowest BCUT2D eigenvalue weighted by Crippen LogP contribution is -2.55. The first-order chi connectivity index (χ1) is 22.2. The molecular weight excluding hydrogens is 635 g/mol. The molecule has 246 valence electrons. The van der Waals surface area contributed by atoms with Crippen molar-refractivity contribution in [3.63, 3.8) is 0 Å². The molecule has 1 saturated heterocycles. The van der Waals surface area contributed by atoms with E-state index in [2.05, 4.69) is 16.9 Å². The summed E-state index contributed by atoms with van der Waals surface area (Å²) in [6, 6.07) is 5.83. The van der Waals surface area contributed by atoms with Crippen LogP contribution in [0, 0.1) is 18.6 Å². The van der Waals surface area contributed by atoms with Gasteiger partial charge in [0.05, 0.1) is 33.2 Å². The third-order valence-corrected chi connectivity index (χ3v) is 8.68. The molecule has 4 aromatic rings. The number of aromatic nitrogens is 2. The number of nitrogens with one attached hydrogen (secondary N) is 1. The molecule has 1 atom stereocenters. The maximum Gasteiger partial charge on any atom is 0.282 e. The van der Waals surface area contributed by atoms with Crippen molar-refractivity contribution in [1.29, 1.82) is 0 Å². The zero-order valence-corrected chi connectivity index (χ0v) is 27.2. The van der Waals surface area contributed by atoms with Gasteiger partial charge in [-0.15, -0.1) is 0 Å². The Morgan fingerprint density at radius 2 is 1.85 bits per heavy atom. The van der Waals surface area contributed by atoms with Crippen LogP contribution in [0.1, 0.15) is 48.3 Å². The second-order valence-electron chi connectivity index (χ2n) is 11.7. The molecule has 0 aliphatic carbocycles. The van der Waals surface area contributed by atoms with Crippen molar-refractivity contribution < 1.29 is 27.9 Å². The molecule has 2 amide bonds. The number of pyridine rings is 2. The Morgan fingerprint density at radius 1 is 1.15 bits per heavy atom. The Morgan fingerprint density at radius 3 is 2.45 bits per heavy atom. The number of phenols is 1. The zero-order chi connectivity index (χ0) is 34.5. The van der Waals surface area contributed by atoms with Crippen molar-refractivity contribution in [1.82, 2.24) is 19.8 Å². The van der Waals surface area contributed by atoms with Crippen molar-refractivity contribution in [2.24, 2.45) is 0 Å². The van der Waals surface area contributed by atoms with E-state index in [-0.39, 0.29) is 58.4 Å². The lowest BCUT2D eigenvalue weighted by molar-refractivity contribution is -0.131. The van der Waals surface area contributed by atoms with Gasteiger partial charge in [0.15, 0.2) is 11.6 Å². The van der Waals surface area contributed by atoms with Crippen molar-refractivity contribution in [2.45, 2.75) is 39.7 Å². The van der Waals surface area contributed by atoms with Crippen LogP contribution >= 0.6 is 11.6 Å². The molecule has 0 saturated carbocycles. The number of carbonyl (C=O) groups is 2. The summed E-state index contributed by atoms with van der Waals surface area (Å²) >= 11 is 6.70. The molecule has 0 unspecified atom stereocenters. The van der Waals surface area contributed by atoms with E-state index in [1.807, 2.05) is 13.8 Å². The molecule has 1 aliphatic rings. The van der Waals surface area contributed by atoms with E-state index >= 15 is 8.78 Å². The number of aryl methyl sites for hydroxylation is 1. The van der Waals surface area contributed by atoms with Gasteiger partial charge >= 0.3 is 0 Å². The highest BCUT2D eigenvalue weighted by Crippen LogP contribution is 2.44. The summed E-state index contributed by atoms with van der Waals surface area (Å²) in [7, 11) is 1.35. The molecule has 1 aliphatic heterocycles. The minimum atomic E-state index is -1.13. The Hall–Kier alpha value is -4.84. The number of fused-ring (bicyclic) bond motifs is 1. The number of carbonyl (C=O) groups excluding carboxylic acids is 2. The molecule has 2 aromatic carbocycles. The number of amides is 2. The number of halogens is 4. The fourth-order valence-corrected chi connectivity index (χ4v) is 6.51. The summed E-state index contributed by atoms with van der Waals surface area (Å²) in [5, 5.41) is 12.9. The maximum absolute atomic E-state index is 17.3. The second-order valence-corrected chi connectivity index (χ2v) is 12.1. The minimum absolute atomic E-state index is 0.00267. The highest BCUT2D eigenvalue weighted by Gasteiger charge is 2.36. The summed E-state index contributed by atoms with van der Waals surface area (Å²) in [6.45, 7) is 10.2. The van der Waals surface area contributed by atoms with Crippen LogP contribution < -0.4 is 15.8 Å². The highest BCUT2D eigenvalue weighted by atomic mass is 35.5. The normalized spacial score (nSPS) is 15.0. The topological polar surface area (TPSA) is 108 Å². The molecular formula is C34H33ClF3N5O4. The SMILES string of the molecule is C=C(F)C(=O)N1CCN(c2c(C(=O)NC)c(=O)n(-c3c(C)ccnc3C(C)C)c3c(F)c(-c4c(O)cccc4F)c(Cl)cc23)C[C@H]1C. The molecule has 0 bridgehead atoms. The summed E-state index contributed by atoms with van der Waals surface area (Å²) in [5.41, 5.74) is -1.33. The van der Waals surface area contributed by atoms with E-state index in [4.69, 9.17) is 11.6 Å². The first-order valence-corrected chi connectivity index (χ1v) is 15.3. The fraction of sp³-hybridized carbons (Fsp3) is 0.294. The van der Waals surface area contributed by atoms with Crippen LogP contribution in [-0.2, 0) is 4.79 Å². The van der Waals surface area contributed by atoms with Gasteiger partial charge in [0, 0.05) is 49.9 Å². The Labute approximate surface area is 273 Å². The number of aromatic hydroxyl groups is 1. The summed E-state index contributed by atoms with van der Waals surface area (Å²) in [5.74, 6) is -5.70. The average molecular weight is 668 g/mol. The van der Waals surface area contributed by atoms with Crippen molar-refractivity contribution in [3.8, 4) is 22.6 Å². The van der Waals surface area contributed by atoms with E-state index in [0.717, 1.165) is 10.6 Å². The third-order valence-electron chi connectivity index (χ3n) is 8.38. The maximum atomic E-state index is 17.3. The van der Waals surface area contributed by atoms with E-state index < -0.39 is 57.8 Å². The van der Waals surface area contributed by atoms with E-state index in [1.165, 1.54) is 30.1 Å². The van der Waals surface area contributed by atoms with Crippen LogP contribution in [0.5, 0.6) is 5.75 Å². The largest absolute Gasteiger partial charge is 0.507 e. The summed E-state index contributed by atoms with van der Waals surface area (Å²) in [4.78, 5) is 48.2. The molecule has 0 spiro atoms. The molecule has 0 radical (unpaired) electrons. The number of anilines is 1. The summed E-state index contributed by atoms with van der Waals surface area (Å²) in [6.07, 6.45) is 1.56. The van der Waals surface area contributed by atoms with Gasteiger partial charge < -0.3 is 20.2 Å². The molecule has 2 N–H and O–H groups in total. The Balaban J connectivity index is 1.97. The number of benzene rings is 2. The van der Waals surface area contributed by atoms with Crippen LogP contribution in [0.2, 0.25) is 5.02 Å². The number of rotatable bonds is 6. The van der Waals surface area contributed by atoms with Gasteiger partial charge in [-0.25, -0.2) is 13.2 Å². The van der Waals surface area contributed by atoms with Crippen LogP contribution in [0.3, 0.4) is 0 Å². The van der Waals surface area contributed by atoms with Gasteiger partial charge in [0.2, 0.25) is 0 Å². The standard InChI is InChI=1S/C34H33ClF3N5O4/c1-16(2)28-29(17(3)10-11-40-28)43-31-20(14-21(35)24(27(31)38)25-22(37)8-7-9-23(25)44)30(26(34(43)47)32(45)39-6)41-12-13-42(18(4)15-41)33(46)19(5)36/h7-11,14,16,18,44H,5,12-13,15H2,1-4,6H3,(H,39,45)/t18-/m1/s1. The molecule has 9 nitrogen and oxygen atoms in total. The number of nitrogens with zero attached hydrogens (tertiary/aromatic N) is 4. The van der Waals surface area contributed by atoms with Gasteiger partial charge in [-0.05, 0) is 49.6 Å². The smallest absolute Gasteiger partial charge is 0.282 e. The first-order valence-electron chi connectivity index (χ1n) is 14.9. The number of hydrogen-bond donors (Lipinski definition) is 2. The predicted octanol–water partition coefficient (Wildman–Crippen LogP) is 6.00. The Bertz CT molecular complexity index is 2010. The minimum Gasteiger partial charge on any atom is -0.507 e. The van der Waals surface area contributed by atoms with Gasteiger partial charge in [-0.1, -0.05) is 38.1 Å². The molecule has 3 heterocycles. The average Bonchev–Trinajstić information content (AvgIpc) is 3.01. The van der Waals surface area contributed by atoms with Crippen LogP contribution in [0.15, 0.2) is 53.7 Å². The lowest BCUT2D eigenvalue weighted by atomic mass is 9.96. The van der Waals surface area contributed by atoms with Gasteiger partial charge in [-0.3, -0.25) is 23.9 Å². The second kappa shape index (κ2) is 12.7. The van der Waals surface area contributed by atoms with Crippen molar-refractivity contribution >= 4 is 40.0 Å². The number of phenolic OH excluding ortho intramolecular Hbond substituents is 1. The van der Waals surface area contributed by atoms with Gasteiger partial charge in [-0.2, -0.15) is 0 Å². The third kappa shape index (κ3) is 5.60. The first kappa shape index (κ1) is 33.5. The van der Waals surface area contributed by atoms with Crippen molar-refractivity contribution in [2.75, 3.05) is 31.6 Å².